The third-order valence-electron chi connectivity index (χ3n) is 6.29. The van der Waals surface area contributed by atoms with Crippen LogP contribution in [0.2, 0.25) is 0 Å². The molecule has 0 heterocycles. The number of methoxy groups -OCH3 is 1. The normalized spacial score (nSPS) is 14.6. The van der Waals surface area contributed by atoms with Gasteiger partial charge in [-0.05, 0) is 72.9 Å². The lowest BCUT2D eigenvalue weighted by Gasteiger charge is -2.24. The average Bonchev–Trinajstić information content (AvgIpc) is 2.82. The second-order valence-corrected chi connectivity index (χ2v) is 9.37. The average molecular weight is 466 g/mol. The largest absolute Gasteiger partial charge is 0.497 e. The second kappa shape index (κ2) is 12.0. The van der Waals surface area contributed by atoms with E-state index in [1.807, 2.05) is 38.1 Å². The van der Waals surface area contributed by atoms with Crippen LogP contribution in [0.3, 0.4) is 0 Å². The second-order valence-electron chi connectivity index (χ2n) is 9.37. The number of hydrogen-bond donors (Lipinski definition) is 4. The first-order chi connectivity index (χ1) is 16.3. The van der Waals surface area contributed by atoms with Gasteiger partial charge in [-0.1, -0.05) is 38.1 Å². The lowest BCUT2D eigenvalue weighted by molar-refractivity contribution is -0.122. The number of benzene rings is 2. The van der Waals surface area contributed by atoms with Gasteiger partial charge in [0, 0.05) is 5.56 Å². The van der Waals surface area contributed by atoms with Crippen molar-refractivity contribution < 1.29 is 24.4 Å². The van der Waals surface area contributed by atoms with E-state index in [1.165, 1.54) is 5.56 Å². The van der Waals surface area contributed by atoms with E-state index in [0.29, 0.717) is 17.7 Å². The third-order valence-corrected chi connectivity index (χ3v) is 6.29. The molecule has 2 atom stereocenters. The molecule has 0 saturated carbocycles. The summed E-state index contributed by atoms with van der Waals surface area (Å²) in [4.78, 5) is 26.2. The predicted octanol–water partition coefficient (Wildman–Crippen LogP) is 2.98. The Bertz CT molecular complexity index is 978. The summed E-state index contributed by atoms with van der Waals surface area (Å²) in [5.41, 5.74) is 3.72. The van der Waals surface area contributed by atoms with Crippen molar-refractivity contribution in [2.45, 2.75) is 64.4 Å². The maximum Gasteiger partial charge on any atom is 0.475 e. The standard InChI is InChI=1S/C26H35BN2O5/c1-17(2)15-24(27(32)33)29-25(30)16-23(19-11-13-20(34-3)14-12-19)28-26(31)22-10-6-8-18-7-4-5-9-21(18)22/h6,8,10-14,17,23-24,32-33H,4-5,7,9,15-16H2,1-3H3,(H,28,31)(H,29,30)/t23?,24-/m0/s1. The quantitative estimate of drug-likeness (QED) is 0.403. The minimum Gasteiger partial charge on any atom is -0.497 e. The van der Waals surface area contributed by atoms with Gasteiger partial charge in [0.15, 0.2) is 0 Å². The molecule has 0 saturated heterocycles. The molecule has 0 aromatic heterocycles. The van der Waals surface area contributed by atoms with E-state index in [9.17, 15) is 19.6 Å². The number of amides is 2. The molecule has 0 aliphatic heterocycles. The molecule has 0 fully saturated rings. The van der Waals surface area contributed by atoms with Gasteiger partial charge >= 0.3 is 7.12 Å². The van der Waals surface area contributed by atoms with E-state index in [2.05, 4.69) is 16.7 Å². The number of carbonyl (C=O) groups is 2. The Morgan fingerprint density at radius 2 is 1.74 bits per heavy atom. The highest BCUT2D eigenvalue weighted by Crippen LogP contribution is 2.26. The molecule has 8 heteroatoms. The Morgan fingerprint density at radius 1 is 1.03 bits per heavy atom. The number of nitrogens with one attached hydrogen (secondary N) is 2. The van der Waals surface area contributed by atoms with Crippen molar-refractivity contribution in [3.05, 3.63) is 64.7 Å². The highest BCUT2D eigenvalue weighted by Gasteiger charge is 2.28. The molecule has 1 aliphatic rings. The highest BCUT2D eigenvalue weighted by atomic mass is 16.5. The van der Waals surface area contributed by atoms with Gasteiger partial charge in [0.2, 0.25) is 5.91 Å². The molecular formula is C26H35BN2O5. The van der Waals surface area contributed by atoms with Crippen LogP contribution >= 0.6 is 0 Å². The number of fused-ring (bicyclic) bond motifs is 1. The first-order valence-corrected chi connectivity index (χ1v) is 12.0. The molecule has 4 N–H and O–H groups in total. The number of carbonyl (C=O) groups excluding carboxylic acids is 2. The Hall–Kier alpha value is -2.84. The van der Waals surface area contributed by atoms with Gasteiger partial charge in [0.05, 0.1) is 25.5 Å². The number of hydrogen-bond acceptors (Lipinski definition) is 5. The van der Waals surface area contributed by atoms with Crippen LogP contribution in [0.25, 0.3) is 0 Å². The zero-order valence-electron chi connectivity index (χ0n) is 20.2. The van der Waals surface area contributed by atoms with Crippen molar-refractivity contribution in [3.63, 3.8) is 0 Å². The van der Waals surface area contributed by atoms with E-state index < -0.39 is 19.1 Å². The Balaban J connectivity index is 1.81. The van der Waals surface area contributed by atoms with Crippen LogP contribution < -0.4 is 15.4 Å². The van der Waals surface area contributed by atoms with Crippen molar-refractivity contribution in [1.82, 2.24) is 10.6 Å². The molecule has 0 bridgehead atoms. The van der Waals surface area contributed by atoms with Crippen molar-refractivity contribution >= 4 is 18.9 Å². The fourth-order valence-corrected chi connectivity index (χ4v) is 4.53. The third kappa shape index (κ3) is 6.84. The summed E-state index contributed by atoms with van der Waals surface area (Å²) in [6.07, 6.45) is 4.43. The van der Waals surface area contributed by atoms with Crippen LogP contribution in [0.4, 0.5) is 0 Å². The molecule has 0 spiro atoms. The fraction of sp³-hybridized carbons (Fsp3) is 0.462. The van der Waals surface area contributed by atoms with Crippen LogP contribution in [0.15, 0.2) is 42.5 Å². The Morgan fingerprint density at radius 3 is 2.38 bits per heavy atom. The predicted molar refractivity (Wildman–Crippen MR) is 132 cm³/mol. The van der Waals surface area contributed by atoms with Crippen molar-refractivity contribution in [2.24, 2.45) is 5.92 Å². The monoisotopic (exact) mass is 466 g/mol. The van der Waals surface area contributed by atoms with Crippen LogP contribution in [0, 0.1) is 5.92 Å². The minimum absolute atomic E-state index is 0.0333. The molecule has 2 amide bonds. The summed E-state index contributed by atoms with van der Waals surface area (Å²) < 4.78 is 5.24. The van der Waals surface area contributed by atoms with Crippen LogP contribution in [0.5, 0.6) is 5.75 Å². The highest BCUT2D eigenvalue weighted by molar-refractivity contribution is 6.43. The van der Waals surface area contributed by atoms with Gasteiger partial charge in [-0.25, -0.2) is 0 Å². The van der Waals surface area contributed by atoms with Crippen molar-refractivity contribution in [3.8, 4) is 5.75 Å². The van der Waals surface area contributed by atoms with Crippen molar-refractivity contribution in [2.75, 3.05) is 7.11 Å². The zero-order chi connectivity index (χ0) is 24.7. The molecule has 0 radical (unpaired) electrons. The maximum absolute atomic E-state index is 13.3. The first-order valence-electron chi connectivity index (χ1n) is 12.0. The summed E-state index contributed by atoms with van der Waals surface area (Å²) in [5.74, 6) is -0.506. The van der Waals surface area contributed by atoms with E-state index in [0.717, 1.165) is 36.8 Å². The number of rotatable bonds is 10. The lowest BCUT2D eigenvalue weighted by Crippen LogP contribution is -2.48. The lowest BCUT2D eigenvalue weighted by atomic mass is 9.75. The molecule has 1 unspecified atom stereocenters. The van der Waals surface area contributed by atoms with Gasteiger partial charge < -0.3 is 25.4 Å². The summed E-state index contributed by atoms with van der Waals surface area (Å²) in [5, 5.41) is 25.1. The molecule has 3 rings (SSSR count). The molecule has 2 aromatic carbocycles. The molecule has 182 valence electrons. The van der Waals surface area contributed by atoms with Crippen LogP contribution in [0.1, 0.15) is 72.6 Å². The summed E-state index contributed by atoms with van der Waals surface area (Å²) in [6, 6.07) is 12.5. The topological polar surface area (TPSA) is 108 Å². The van der Waals surface area contributed by atoms with Gasteiger partial charge in [-0.3, -0.25) is 9.59 Å². The Kier molecular flexibility index (Phi) is 9.13. The molecule has 34 heavy (non-hydrogen) atoms. The molecule has 1 aliphatic carbocycles. The van der Waals surface area contributed by atoms with Crippen molar-refractivity contribution in [1.29, 1.82) is 0 Å². The van der Waals surface area contributed by atoms with Crippen LogP contribution in [-0.2, 0) is 17.6 Å². The summed E-state index contributed by atoms with van der Waals surface area (Å²) in [6.45, 7) is 3.89. The van der Waals surface area contributed by atoms with Gasteiger partial charge in [-0.15, -0.1) is 0 Å². The van der Waals surface area contributed by atoms with Gasteiger partial charge in [-0.2, -0.15) is 0 Å². The van der Waals surface area contributed by atoms with E-state index in [4.69, 9.17) is 4.74 Å². The summed E-state index contributed by atoms with van der Waals surface area (Å²) >= 11 is 0. The fourth-order valence-electron chi connectivity index (χ4n) is 4.53. The molecular weight excluding hydrogens is 431 g/mol. The van der Waals surface area contributed by atoms with E-state index in [1.54, 1.807) is 19.2 Å². The molecule has 7 nitrogen and oxygen atoms in total. The summed E-state index contributed by atoms with van der Waals surface area (Å²) in [7, 11) is -0.0776. The maximum atomic E-state index is 13.3. The van der Waals surface area contributed by atoms with Gasteiger partial charge in [0.25, 0.3) is 5.91 Å². The van der Waals surface area contributed by atoms with E-state index in [-0.39, 0.29) is 24.2 Å². The SMILES string of the molecule is COc1ccc(C(CC(=O)N[C@@H](CC(C)C)B(O)O)NC(=O)c2cccc3c2CCCC3)cc1. The number of ether oxygens (including phenoxy) is 1. The van der Waals surface area contributed by atoms with Gasteiger partial charge in [0.1, 0.15) is 5.75 Å². The smallest absolute Gasteiger partial charge is 0.475 e. The number of aryl methyl sites for hydroxylation is 1. The zero-order valence-corrected chi connectivity index (χ0v) is 20.2. The van der Waals surface area contributed by atoms with E-state index >= 15 is 0 Å². The first kappa shape index (κ1) is 25.8. The van der Waals surface area contributed by atoms with Crippen LogP contribution in [-0.4, -0.2) is 42.0 Å². The molecule has 2 aromatic rings. The Labute approximate surface area is 202 Å². The minimum atomic E-state index is -1.66.